The van der Waals surface area contributed by atoms with E-state index in [0.29, 0.717) is 11.3 Å². The van der Waals surface area contributed by atoms with E-state index < -0.39 is 0 Å². The fraction of sp³-hybridized carbons (Fsp3) is 0.556. The lowest BCUT2D eigenvalue weighted by Crippen LogP contribution is -2.20. The van der Waals surface area contributed by atoms with Crippen LogP contribution in [0.2, 0.25) is 0 Å². The number of benzene rings is 1. The first-order valence-electron chi connectivity index (χ1n) is 7.04. The molecule has 0 aliphatic carbocycles. The summed E-state index contributed by atoms with van der Waals surface area (Å²) in [5, 5.41) is 0. The lowest BCUT2D eigenvalue weighted by Gasteiger charge is -2.32. The Morgan fingerprint density at radius 2 is 1.67 bits per heavy atom. The zero-order valence-corrected chi connectivity index (χ0v) is 12.7. The molecule has 0 fully saturated rings. The van der Waals surface area contributed by atoms with Crippen LogP contribution in [0.25, 0.3) is 0 Å². The van der Waals surface area contributed by atoms with Crippen molar-refractivity contribution < 1.29 is 0 Å². The third-order valence-electron chi connectivity index (χ3n) is 3.51. The second kappa shape index (κ2) is 6.22. The Hall–Kier alpha value is -1.04. The van der Waals surface area contributed by atoms with E-state index in [9.17, 15) is 0 Å². The van der Waals surface area contributed by atoms with Crippen molar-refractivity contribution >= 4 is 0 Å². The molecule has 0 N–H and O–H groups in total. The molecule has 1 aromatic rings. The molecule has 100 valence electrons. The maximum Gasteiger partial charge on any atom is -0.0100 e. The van der Waals surface area contributed by atoms with Crippen LogP contribution in [0.15, 0.2) is 36.9 Å². The SMILES string of the molecule is C=CCc1ccc(C(CC(C)C)C(C)(C)C)cc1. The van der Waals surface area contributed by atoms with Crippen LogP contribution in [0, 0.1) is 11.3 Å². The Bertz CT molecular complexity index is 362. The Kier molecular flexibility index (Phi) is 5.19. The van der Waals surface area contributed by atoms with Crippen molar-refractivity contribution in [2.45, 2.75) is 53.4 Å². The molecule has 0 aliphatic rings. The van der Waals surface area contributed by atoms with Crippen molar-refractivity contribution in [1.29, 1.82) is 0 Å². The van der Waals surface area contributed by atoms with Gasteiger partial charge in [0.05, 0.1) is 0 Å². The van der Waals surface area contributed by atoms with E-state index in [2.05, 4.69) is 65.5 Å². The summed E-state index contributed by atoms with van der Waals surface area (Å²) in [4.78, 5) is 0. The monoisotopic (exact) mass is 244 g/mol. The van der Waals surface area contributed by atoms with Crippen molar-refractivity contribution in [2.75, 3.05) is 0 Å². The molecule has 0 nitrogen and oxygen atoms in total. The quantitative estimate of drug-likeness (QED) is 0.592. The summed E-state index contributed by atoms with van der Waals surface area (Å²) in [6, 6.07) is 9.10. The van der Waals surface area contributed by atoms with E-state index in [1.807, 2.05) is 6.08 Å². The highest BCUT2D eigenvalue weighted by Gasteiger charge is 2.26. The first-order valence-corrected chi connectivity index (χ1v) is 7.04. The van der Waals surface area contributed by atoms with Gasteiger partial charge in [-0.05, 0) is 41.2 Å². The summed E-state index contributed by atoms with van der Waals surface area (Å²) in [6.45, 7) is 15.4. The summed E-state index contributed by atoms with van der Waals surface area (Å²) in [6.07, 6.45) is 4.18. The van der Waals surface area contributed by atoms with Crippen molar-refractivity contribution in [1.82, 2.24) is 0 Å². The summed E-state index contributed by atoms with van der Waals surface area (Å²) >= 11 is 0. The maximum atomic E-state index is 3.79. The standard InChI is InChI=1S/C18H28/c1-7-8-15-9-11-16(12-10-15)17(13-14(2)3)18(4,5)6/h7,9-12,14,17H,1,8,13H2,2-6H3. The van der Waals surface area contributed by atoms with Crippen LogP contribution >= 0.6 is 0 Å². The molecule has 1 unspecified atom stereocenters. The molecule has 1 aromatic carbocycles. The third-order valence-corrected chi connectivity index (χ3v) is 3.51. The minimum Gasteiger partial charge on any atom is -0.103 e. The average Bonchev–Trinajstić information content (AvgIpc) is 2.26. The van der Waals surface area contributed by atoms with Gasteiger partial charge < -0.3 is 0 Å². The van der Waals surface area contributed by atoms with E-state index in [0.717, 1.165) is 12.3 Å². The predicted molar refractivity (Wildman–Crippen MR) is 82.0 cm³/mol. The summed E-state index contributed by atoms with van der Waals surface area (Å²) < 4.78 is 0. The maximum absolute atomic E-state index is 3.79. The van der Waals surface area contributed by atoms with Gasteiger partial charge >= 0.3 is 0 Å². The van der Waals surface area contributed by atoms with E-state index in [-0.39, 0.29) is 0 Å². The highest BCUT2D eigenvalue weighted by atomic mass is 14.3. The number of hydrogen-bond donors (Lipinski definition) is 0. The average molecular weight is 244 g/mol. The van der Waals surface area contributed by atoms with Crippen LogP contribution in [0.5, 0.6) is 0 Å². The second-order valence-electron chi connectivity index (χ2n) is 6.78. The van der Waals surface area contributed by atoms with Gasteiger partial charge in [-0.1, -0.05) is 65.0 Å². The molecule has 0 spiro atoms. The zero-order valence-electron chi connectivity index (χ0n) is 12.7. The van der Waals surface area contributed by atoms with Crippen LogP contribution in [-0.4, -0.2) is 0 Å². The fourth-order valence-electron chi connectivity index (χ4n) is 2.51. The van der Waals surface area contributed by atoms with Crippen LogP contribution in [-0.2, 0) is 6.42 Å². The summed E-state index contributed by atoms with van der Waals surface area (Å²) in [5.41, 5.74) is 3.15. The van der Waals surface area contributed by atoms with Crippen LogP contribution in [0.1, 0.15) is 58.1 Å². The highest BCUT2D eigenvalue weighted by molar-refractivity contribution is 5.27. The van der Waals surface area contributed by atoms with Gasteiger partial charge in [0.2, 0.25) is 0 Å². The van der Waals surface area contributed by atoms with E-state index in [1.165, 1.54) is 17.5 Å². The first-order chi connectivity index (χ1) is 8.34. The Morgan fingerprint density at radius 3 is 2.06 bits per heavy atom. The van der Waals surface area contributed by atoms with Crippen molar-refractivity contribution in [3.63, 3.8) is 0 Å². The third kappa shape index (κ3) is 4.33. The number of hydrogen-bond acceptors (Lipinski definition) is 0. The molecule has 0 heterocycles. The molecule has 0 radical (unpaired) electrons. The fourth-order valence-corrected chi connectivity index (χ4v) is 2.51. The highest BCUT2D eigenvalue weighted by Crippen LogP contribution is 2.39. The molecule has 0 saturated heterocycles. The molecular formula is C18H28. The Morgan fingerprint density at radius 1 is 1.11 bits per heavy atom. The number of rotatable bonds is 5. The van der Waals surface area contributed by atoms with Crippen LogP contribution < -0.4 is 0 Å². The minimum atomic E-state index is 0.324. The van der Waals surface area contributed by atoms with Gasteiger partial charge in [-0.2, -0.15) is 0 Å². The molecule has 0 aliphatic heterocycles. The van der Waals surface area contributed by atoms with E-state index >= 15 is 0 Å². The normalized spacial score (nSPS) is 13.7. The van der Waals surface area contributed by atoms with Crippen molar-refractivity contribution in [3.8, 4) is 0 Å². The molecule has 1 atom stereocenters. The molecule has 18 heavy (non-hydrogen) atoms. The van der Waals surface area contributed by atoms with Crippen LogP contribution in [0.4, 0.5) is 0 Å². The first kappa shape index (κ1) is 15.0. The topological polar surface area (TPSA) is 0 Å². The van der Waals surface area contributed by atoms with Gasteiger partial charge in [-0.25, -0.2) is 0 Å². The second-order valence-corrected chi connectivity index (χ2v) is 6.78. The lowest BCUT2D eigenvalue weighted by molar-refractivity contribution is 0.280. The van der Waals surface area contributed by atoms with Gasteiger partial charge in [-0.15, -0.1) is 6.58 Å². The van der Waals surface area contributed by atoms with Crippen LogP contribution in [0.3, 0.4) is 0 Å². The molecule has 0 saturated carbocycles. The predicted octanol–water partition coefficient (Wildman–Crippen LogP) is 5.59. The van der Waals surface area contributed by atoms with Gasteiger partial charge in [0.15, 0.2) is 0 Å². The Balaban J connectivity index is 2.95. The van der Waals surface area contributed by atoms with Gasteiger partial charge in [0.1, 0.15) is 0 Å². The molecule has 1 rings (SSSR count). The molecule has 0 aromatic heterocycles. The largest absolute Gasteiger partial charge is 0.103 e. The van der Waals surface area contributed by atoms with Gasteiger partial charge in [0, 0.05) is 0 Å². The minimum absolute atomic E-state index is 0.324. The smallest absolute Gasteiger partial charge is 0.0100 e. The molecular weight excluding hydrogens is 216 g/mol. The van der Waals surface area contributed by atoms with Crippen molar-refractivity contribution in [3.05, 3.63) is 48.0 Å². The van der Waals surface area contributed by atoms with E-state index in [1.54, 1.807) is 0 Å². The zero-order chi connectivity index (χ0) is 13.8. The molecule has 0 bridgehead atoms. The number of allylic oxidation sites excluding steroid dienone is 1. The molecule has 0 heteroatoms. The molecule has 0 amide bonds. The van der Waals surface area contributed by atoms with Gasteiger partial charge in [-0.3, -0.25) is 0 Å². The van der Waals surface area contributed by atoms with Gasteiger partial charge in [0.25, 0.3) is 0 Å². The van der Waals surface area contributed by atoms with Crippen molar-refractivity contribution in [2.24, 2.45) is 11.3 Å². The Labute approximate surface area is 113 Å². The summed E-state index contributed by atoms with van der Waals surface area (Å²) in [7, 11) is 0. The van der Waals surface area contributed by atoms with E-state index in [4.69, 9.17) is 0 Å². The lowest BCUT2D eigenvalue weighted by atomic mass is 9.72. The summed E-state index contributed by atoms with van der Waals surface area (Å²) in [5.74, 6) is 1.37.